The molecule has 0 spiro atoms. The number of aromatic nitrogens is 3. The third-order valence-electron chi connectivity index (χ3n) is 5.07. The number of amides is 1. The molecule has 0 aromatic carbocycles. The molecular weight excluding hydrogens is 278 g/mol. The van der Waals surface area contributed by atoms with Gasteiger partial charge in [0.05, 0.1) is 11.7 Å². The fraction of sp³-hybridized carbons (Fsp3) is 0.812. The summed E-state index contributed by atoms with van der Waals surface area (Å²) in [6.07, 6.45) is 6.73. The first kappa shape index (κ1) is 15.5. The van der Waals surface area contributed by atoms with Crippen LogP contribution in [0.5, 0.6) is 0 Å². The predicted octanol–water partition coefficient (Wildman–Crippen LogP) is 1.82. The highest BCUT2D eigenvalue weighted by molar-refractivity contribution is 5.93. The number of hydrogen-bond acceptors (Lipinski definition) is 4. The summed E-state index contributed by atoms with van der Waals surface area (Å²) < 4.78 is 1.94. The molecule has 2 fully saturated rings. The molecule has 2 aliphatic rings. The van der Waals surface area contributed by atoms with Crippen molar-refractivity contribution in [2.24, 2.45) is 5.92 Å². The molecule has 1 aliphatic carbocycles. The van der Waals surface area contributed by atoms with E-state index in [1.165, 1.54) is 12.8 Å². The van der Waals surface area contributed by atoms with Crippen LogP contribution in [0.4, 0.5) is 0 Å². The average molecular weight is 305 g/mol. The third kappa shape index (κ3) is 3.32. The van der Waals surface area contributed by atoms with Crippen molar-refractivity contribution < 1.29 is 4.79 Å². The van der Waals surface area contributed by atoms with Crippen LogP contribution in [0.25, 0.3) is 0 Å². The largest absolute Gasteiger partial charge is 0.348 e. The Labute approximate surface area is 132 Å². The molecule has 2 N–H and O–H groups in total. The molecule has 6 heteroatoms. The number of carbonyl (C=O) groups is 1. The molecule has 0 radical (unpaired) electrons. The van der Waals surface area contributed by atoms with Crippen LogP contribution in [0.2, 0.25) is 0 Å². The average Bonchev–Trinajstić information content (AvgIpc) is 2.90. The molecule has 1 saturated carbocycles. The van der Waals surface area contributed by atoms with E-state index >= 15 is 0 Å². The van der Waals surface area contributed by atoms with Gasteiger partial charge in [0.25, 0.3) is 5.91 Å². The van der Waals surface area contributed by atoms with Crippen molar-refractivity contribution in [2.75, 3.05) is 13.1 Å². The number of piperidine rings is 1. The fourth-order valence-electron chi connectivity index (χ4n) is 3.77. The van der Waals surface area contributed by atoms with E-state index in [1.807, 2.05) is 11.6 Å². The lowest BCUT2D eigenvalue weighted by molar-refractivity contribution is 0.0915. The summed E-state index contributed by atoms with van der Waals surface area (Å²) >= 11 is 0. The second-order valence-corrected chi connectivity index (χ2v) is 6.89. The number of nitrogens with zero attached hydrogens (tertiary/aromatic N) is 3. The van der Waals surface area contributed by atoms with E-state index in [4.69, 9.17) is 0 Å². The van der Waals surface area contributed by atoms with E-state index in [0.717, 1.165) is 44.5 Å². The molecule has 1 aromatic rings. The van der Waals surface area contributed by atoms with Gasteiger partial charge in [0.15, 0.2) is 5.69 Å². The zero-order valence-corrected chi connectivity index (χ0v) is 13.6. The quantitative estimate of drug-likeness (QED) is 0.893. The van der Waals surface area contributed by atoms with Gasteiger partial charge in [-0.1, -0.05) is 25.0 Å². The van der Waals surface area contributed by atoms with Crippen molar-refractivity contribution in [1.29, 1.82) is 0 Å². The SMILES string of the molecule is Cc1c(C(=O)NC2CCCC(C)C2)nnn1C1CCNCC1. The lowest BCUT2D eigenvalue weighted by Crippen LogP contribution is -2.38. The standard InChI is InChI=1S/C16H27N5O/c1-11-4-3-5-13(10-11)18-16(22)15-12(2)21(20-19-15)14-6-8-17-9-7-14/h11,13-14,17H,3-10H2,1-2H3,(H,18,22). The monoisotopic (exact) mass is 305 g/mol. The summed E-state index contributed by atoms with van der Waals surface area (Å²) in [5.41, 5.74) is 1.39. The van der Waals surface area contributed by atoms with Crippen LogP contribution in [0.15, 0.2) is 0 Å². The first-order chi connectivity index (χ1) is 10.6. The third-order valence-corrected chi connectivity index (χ3v) is 5.07. The smallest absolute Gasteiger partial charge is 0.273 e. The molecule has 1 amide bonds. The highest BCUT2D eigenvalue weighted by atomic mass is 16.2. The van der Waals surface area contributed by atoms with E-state index in [-0.39, 0.29) is 5.91 Å². The van der Waals surface area contributed by atoms with Crippen molar-refractivity contribution in [1.82, 2.24) is 25.6 Å². The van der Waals surface area contributed by atoms with Crippen LogP contribution < -0.4 is 10.6 Å². The van der Waals surface area contributed by atoms with Gasteiger partial charge >= 0.3 is 0 Å². The van der Waals surface area contributed by atoms with Gasteiger partial charge in [-0.2, -0.15) is 0 Å². The maximum absolute atomic E-state index is 12.5. The van der Waals surface area contributed by atoms with Gasteiger partial charge in [0.2, 0.25) is 0 Å². The normalized spacial score (nSPS) is 26.8. The zero-order valence-electron chi connectivity index (χ0n) is 13.6. The summed E-state index contributed by atoms with van der Waals surface area (Å²) in [5.74, 6) is 0.641. The van der Waals surface area contributed by atoms with Gasteiger partial charge in [-0.05, 0) is 51.6 Å². The summed E-state index contributed by atoms with van der Waals surface area (Å²) in [5, 5.41) is 14.9. The molecule has 3 rings (SSSR count). The summed E-state index contributed by atoms with van der Waals surface area (Å²) in [7, 11) is 0. The molecule has 1 saturated heterocycles. The Bertz CT molecular complexity index is 521. The van der Waals surface area contributed by atoms with Crippen LogP contribution >= 0.6 is 0 Å². The Morgan fingerprint density at radius 1 is 1.27 bits per heavy atom. The maximum atomic E-state index is 12.5. The lowest BCUT2D eigenvalue weighted by atomic mass is 9.87. The lowest BCUT2D eigenvalue weighted by Gasteiger charge is -2.27. The summed E-state index contributed by atoms with van der Waals surface area (Å²) in [4.78, 5) is 12.5. The first-order valence-electron chi connectivity index (χ1n) is 8.58. The topological polar surface area (TPSA) is 71.8 Å². The maximum Gasteiger partial charge on any atom is 0.273 e. The molecule has 1 aromatic heterocycles. The molecule has 2 atom stereocenters. The predicted molar refractivity (Wildman–Crippen MR) is 84.8 cm³/mol. The Kier molecular flexibility index (Phi) is 4.76. The van der Waals surface area contributed by atoms with Gasteiger partial charge in [-0.25, -0.2) is 4.68 Å². The first-order valence-corrected chi connectivity index (χ1v) is 8.58. The van der Waals surface area contributed by atoms with Gasteiger partial charge in [-0.3, -0.25) is 4.79 Å². The second kappa shape index (κ2) is 6.77. The Morgan fingerprint density at radius 3 is 2.77 bits per heavy atom. The fourth-order valence-corrected chi connectivity index (χ4v) is 3.77. The number of hydrogen-bond donors (Lipinski definition) is 2. The van der Waals surface area contributed by atoms with Crippen LogP contribution in [-0.4, -0.2) is 40.0 Å². The van der Waals surface area contributed by atoms with E-state index in [0.29, 0.717) is 23.7 Å². The van der Waals surface area contributed by atoms with Crippen molar-refractivity contribution in [2.45, 2.75) is 64.5 Å². The minimum atomic E-state index is -0.0585. The van der Waals surface area contributed by atoms with Crippen LogP contribution in [0.3, 0.4) is 0 Å². The summed E-state index contributed by atoms with van der Waals surface area (Å²) in [6, 6.07) is 0.657. The van der Waals surface area contributed by atoms with Gasteiger partial charge in [0.1, 0.15) is 0 Å². The van der Waals surface area contributed by atoms with Crippen molar-refractivity contribution >= 4 is 5.91 Å². The molecule has 1 aliphatic heterocycles. The Morgan fingerprint density at radius 2 is 2.05 bits per heavy atom. The van der Waals surface area contributed by atoms with Gasteiger partial charge < -0.3 is 10.6 Å². The minimum absolute atomic E-state index is 0.0585. The van der Waals surface area contributed by atoms with Crippen molar-refractivity contribution in [3.05, 3.63) is 11.4 Å². The molecule has 0 bridgehead atoms. The van der Waals surface area contributed by atoms with E-state index in [2.05, 4.69) is 27.9 Å². The summed E-state index contributed by atoms with van der Waals surface area (Å²) in [6.45, 7) is 6.23. The zero-order chi connectivity index (χ0) is 15.5. The molecular formula is C16H27N5O. The molecule has 6 nitrogen and oxygen atoms in total. The molecule has 2 heterocycles. The number of nitrogens with one attached hydrogen (secondary N) is 2. The number of rotatable bonds is 3. The molecule has 122 valence electrons. The van der Waals surface area contributed by atoms with Gasteiger partial charge in [0, 0.05) is 6.04 Å². The van der Waals surface area contributed by atoms with Crippen molar-refractivity contribution in [3.63, 3.8) is 0 Å². The second-order valence-electron chi connectivity index (χ2n) is 6.89. The van der Waals surface area contributed by atoms with Crippen LogP contribution in [0, 0.1) is 12.8 Å². The Balaban J connectivity index is 1.66. The van der Waals surface area contributed by atoms with E-state index < -0.39 is 0 Å². The van der Waals surface area contributed by atoms with Crippen LogP contribution in [-0.2, 0) is 0 Å². The highest BCUT2D eigenvalue weighted by Gasteiger charge is 2.26. The van der Waals surface area contributed by atoms with E-state index in [9.17, 15) is 4.79 Å². The van der Waals surface area contributed by atoms with Crippen molar-refractivity contribution in [3.8, 4) is 0 Å². The highest BCUT2D eigenvalue weighted by Crippen LogP contribution is 2.24. The number of carbonyl (C=O) groups excluding carboxylic acids is 1. The van der Waals surface area contributed by atoms with Crippen LogP contribution in [0.1, 0.15) is 67.7 Å². The van der Waals surface area contributed by atoms with E-state index in [1.54, 1.807) is 0 Å². The Hall–Kier alpha value is -1.43. The minimum Gasteiger partial charge on any atom is -0.348 e. The van der Waals surface area contributed by atoms with Gasteiger partial charge in [-0.15, -0.1) is 5.10 Å². The molecule has 2 unspecified atom stereocenters. The molecule has 22 heavy (non-hydrogen) atoms.